The average Bonchev–Trinajstić information content (AvgIpc) is 2.76. The van der Waals surface area contributed by atoms with E-state index in [0.717, 1.165) is 16.3 Å². The fourth-order valence-electron chi connectivity index (χ4n) is 2.64. The molecule has 1 aromatic carbocycles. The Morgan fingerprint density at radius 2 is 1.75 bits per heavy atom. The van der Waals surface area contributed by atoms with Crippen LogP contribution >= 0.6 is 11.6 Å². The van der Waals surface area contributed by atoms with Gasteiger partial charge in [-0.05, 0) is 24.3 Å². The number of rotatable bonds is 4. The van der Waals surface area contributed by atoms with Crippen LogP contribution in [0.4, 0.5) is 5.82 Å². The molecule has 0 unspecified atom stereocenters. The zero-order chi connectivity index (χ0) is 19.9. The maximum atomic E-state index is 6.19. The number of nitrogens with zero attached hydrogens (tertiary/aromatic N) is 4. The Hall–Kier alpha value is -3.25. The minimum atomic E-state index is 0.434. The monoisotopic (exact) mass is 393 g/mol. The average molecular weight is 394 g/mol. The Morgan fingerprint density at radius 1 is 0.893 bits per heavy atom. The summed E-state index contributed by atoms with van der Waals surface area (Å²) in [6.07, 6.45) is 4.83. The zero-order valence-corrected chi connectivity index (χ0v) is 16.6. The molecule has 0 aliphatic heterocycles. The standard InChI is InChI=1S/C19H14ClN5O.C2H6/c1-21-17-10-15(24-11-25-17)14-5-3-8-23-19(14)26-16-6-2-4-13-12(16)7-9-22-18(13)20;1-2/h2-11H,1H3,(H,21,24,25);1-2H3. The van der Waals surface area contributed by atoms with E-state index in [-0.39, 0.29) is 0 Å². The lowest BCUT2D eigenvalue weighted by molar-refractivity contribution is 0.470. The van der Waals surface area contributed by atoms with E-state index in [2.05, 4.69) is 25.3 Å². The van der Waals surface area contributed by atoms with Gasteiger partial charge in [-0.3, -0.25) is 0 Å². The summed E-state index contributed by atoms with van der Waals surface area (Å²) in [6.45, 7) is 4.00. The van der Waals surface area contributed by atoms with Crippen LogP contribution in [0.3, 0.4) is 0 Å². The van der Waals surface area contributed by atoms with Crippen molar-refractivity contribution in [2.75, 3.05) is 12.4 Å². The van der Waals surface area contributed by atoms with Crippen molar-refractivity contribution in [2.24, 2.45) is 0 Å². The first kappa shape index (κ1) is 19.5. The molecule has 0 atom stereocenters. The molecule has 3 heterocycles. The molecule has 142 valence electrons. The van der Waals surface area contributed by atoms with Crippen molar-refractivity contribution in [3.8, 4) is 22.9 Å². The molecule has 4 rings (SSSR count). The van der Waals surface area contributed by atoms with Crippen LogP contribution in [0.15, 0.2) is 61.2 Å². The number of ether oxygens (including phenoxy) is 1. The Kier molecular flexibility index (Phi) is 6.34. The molecule has 3 aromatic heterocycles. The lowest BCUT2D eigenvalue weighted by Gasteiger charge is -2.12. The van der Waals surface area contributed by atoms with Gasteiger partial charge >= 0.3 is 0 Å². The van der Waals surface area contributed by atoms with Crippen molar-refractivity contribution in [1.82, 2.24) is 19.9 Å². The highest BCUT2D eigenvalue weighted by atomic mass is 35.5. The summed E-state index contributed by atoms with van der Waals surface area (Å²) in [5.41, 5.74) is 1.48. The van der Waals surface area contributed by atoms with E-state index in [1.54, 1.807) is 19.4 Å². The van der Waals surface area contributed by atoms with Crippen LogP contribution in [0, 0.1) is 0 Å². The Labute approximate surface area is 168 Å². The second-order valence-electron chi connectivity index (χ2n) is 5.45. The minimum Gasteiger partial charge on any atom is -0.438 e. The van der Waals surface area contributed by atoms with Crippen LogP contribution in [0.1, 0.15) is 13.8 Å². The lowest BCUT2D eigenvalue weighted by Crippen LogP contribution is -1.97. The smallest absolute Gasteiger partial charge is 0.228 e. The van der Waals surface area contributed by atoms with Crippen LogP contribution in [0.5, 0.6) is 11.6 Å². The molecule has 0 saturated carbocycles. The van der Waals surface area contributed by atoms with Gasteiger partial charge in [0.25, 0.3) is 0 Å². The summed E-state index contributed by atoms with van der Waals surface area (Å²) in [5.74, 6) is 1.82. The Balaban J connectivity index is 0.00000109. The number of hydrogen-bond acceptors (Lipinski definition) is 6. The van der Waals surface area contributed by atoms with E-state index in [4.69, 9.17) is 16.3 Å². The lowest BCUT2D eigenvalue weighted by atomic mass is 10.1. The van der Waals surface area contributed by atoms with E-state index in [1.807, 2.05) is 56.3 Å². The molecule has 28 heavy (non-hydrogen) atoms. The normalized spacial score (nSPS) is 10.1. The number of aromatic nitrogens is 4. The Bertz CT molecular complexity index is 1090. The van der Waals surface area contributed by atoms with Crippen molar-refractivity contribution in [3.63, 3.8) is 0 Å². The van der Waals surface area contributed by atoms with E-state index in [1.165, 1.54) is 6.33 Å². The number of anilines is 1. The first-order valence-electron chi connectivity index (χ1n) is 8.92. The topological polar surface area (TPSA) is 72.8 Å². The molecule has 0 saturated heterocycles. The molecule has 0 fully saturated rings. The first-order valence-corrected chi connectivity index (χ1v) is 9.30. The van der Waals surface area contributed by atoms with Gasteiger partial charge in [0.1, 0.15) is 23.0 Å². The molecule has 1 N–H and O–H groups in total. The second kappa shape index (κ2) is 9.10. The number of hydrogen-bond donors (Lipinski definition) is 1. The van der Waals surface area contributed by atoms with Crippen molar-refractivity contribution in [3.05, 3.63) is 66.3 Å². The van der Waals surface area contributed by atoms with Crippen molar-refractivity contribution >= 4 is 28.2 Å². The largest absolute Gasteiger partial charge is 0.438 e. The number of fused-ring (bicyclic) bond motifs is 1. The summed E-state index contributed by atoms with van der Waals surface area (Å²) >= 11 is 6.19. The highest BCUT2D eigenvalue weighted by molar-refractivity contribution is 6.34. The van der Waals surface area contributed by atoms with Gasteiger partial charge in [0.15, 0.2) is 0 Å². The first-order chi connectivity index (χ1) is 13.8. The fourth-order valence-corrected chi connectivity index (χ4v) is 2.87. The van der Waals surface area contributed by atoms with Gasteiger partial charge in [-0.15, -0.1) is 0 Å². The third-order valence-corrected chi connectivity index (χ3v) is 4.20. The van der Waals surface area contributed by atoms with Gasteiger partial charge in [-0.2, -0.15) is 0 Å². The molecule has 4 aromatic rings. The summed E-state index contributed by atoms with van der Waals surface area (Å²) < 4.78 is 6.13. The van der Waals surface area contributed by atoms with E-state index in [9.17, 15) is 0 Å². The minimum absolute atomic E-state index is 0.434. The van der Waals surface area contributed by atoms with E-state index < -0.39 is 0 Å². The third-order valence-electron chi connectivity index (χ3n) is 3.89. The number of halogens is 1. The number of pyridine rings is 2. The molecular weight excluding hydrogens is 374 g/mol. The Morgan fingerprint density at radius 3 is 2.57 bits per heavy atom. The maximum absolute atomic E-state index is 6.19. The summed E-state index contributed by atoms with van der Waals surface area (Å²) in [5, 5.41) is 5.12. The van der Waals surface area contributed by atoms with Crippen LogP contribution < -0.4 is 10.1 Å². The third kappa shape index (κ3) is 4.02. The highest BCUT2D eigenvalue weighted by Crippen LogP contribution is 2.35. The van der Waals surface area contributed by atoms with Gasteiger partial charge in [-0.25, -0.2) is 19.9 Å². The molecule has 0 spiro atoms. The molecule has 0 bridgehead atoms. The van der Waals surface area contributed by atoms with Gasteiger partial charge < -0.3 is 10.1 Å². The molecule has 7 heteroatoms. The van der Waals surface area contributed by atoms with Crippen molar-refractivity contribution < 1.29 is 4.74 Å². The second-order valence-corrected chi connectivity index (χ2v) is 5.81. The molecule has 0 aliphatic carbocycles. The predicted molar refractivity (Wildman–Crippen MR) is 113 cm³/mol. The zero-order valence-electron chi connectivity index (χ0n) is 15.8. The summed E-state index contributed by atoms with van der Waals surface area (Å²) in [4.78, 5) is 17.0. The number of benzene rings is 1. The molecule has 6 nitrogen and oxygen atoms in total. The maximum Gasteiger partial charge on any atom is 0.228 e. The fraction of sp³-hybridized carbons (Fsp3) is 0.143. The van der Waals surface area contributed by atoms with Gasteiger partial charge in [0, 0.05) is 36.3 Å². The van der Waals surface area contributed by atoms with Crippen LogP contribution in [0.25, 0.3) is 22.0 Å². The quantitative estimate of drug-likeness (QED) is 0.455. The molecule has 0 radical (unpaired) electrons. The van der Waals surface area contributed by atoms with E-state index >= 15 is 0 Å². The van der Waals surface area contributed by atoms with Gasteiger partial charge in [0.2, 0.25) is 5.88 Å². The van der Waals surface area contributed by atoms with Crippen molar-refractivity contribution in [2.45, 2.75) is 13.8 Å². The van der Waals surface area contributed by atoms with Crippen molar-refractivity contribution in [1.29, 1.82) is 0 Å². The molecule has 0 amide bonds. The summed E-state index contributed by atoms with van der Waals surface area (Å²) in [6, 6.07) is 13.1. The summed E-state index contributed by atoms with van der Waals surface area (Å²) in [7, 11) is 1.81. The predicted octanol–water partition coefficient (Wildman–Crippen LogP) is 5.60. The number of nitrogens with one attached hydrogen (secondary N) is 1. The van der Waals surface area contributed by atoms with Gasteiger partial charge in [0.05, 0.1) is 11.3 Å². The van der Waals surface area contributed by atoms with Gasteiger partial charge in [-0.1, -0.05) is 37.6 Å². The van der Waals surface area contributed by atoms with E-state index in [0.29, 0.717) is 28.3 Å². The molecular formula is C21H20ClN5O. The van der Waals surface area contributed by atoms with Crippen LogP contribution in [-0.2, 0) is 0 Å². The SMILES string of the molecule is CC.CNc1cc(-c2cccnc2Oc2cccc3c(Cl)nccc23)ncn1. The van der Waals surface area contributed by atoms with Crippen LogP contribution in [0.2, 0.25) is 5.15 Å². The van der Waals surface area contributed by atoms with Crippen LogP contribution in [-0.4, -0.2) is 27.0 Å². The molecule has 0 aliphatic rings. The highest BCUT2D eigenvalue weighted by Gasteiger charge is 2.13.